The van der Waals surface area contributed by atoms with Gasteiger partial charge in [0.25, 0.3) is 0 Å². The summed E-state index contributed by atoms with van der Waals surface area (Å²) in [6.07, 6.45) is -0.216. The largest absolute Gasteiger partial charge is 1.00 e. The average Bonchev–Trinajstić information content (AvgIpc) is 2.06. The first-order chi connectivity index (χ1) is 6.72. The molecular formula is C9H10BrNaO4S. The Morgan fingerprint density at radius 3 is 2.19 bits per heavy atom. The third kappa shape index (κ3) is 4.44. The van der Waals surface area contributed by atoms with Crippen LogP contribution >= 0.6 is 15.9 Å². The van der Waals surface area contributed by atoms with Gasteiger partial charge in [-0.2, -0.15) is 0 Å². The molecule has 1 N–H and O–H groups in total. The first-order valence-corrected chi connectivity index (χ1v) is 6.35. The molecule has 84 valence electrons. The molecule has 1 unspecified atom stereocenters. The van der Waals surface area contributed by atoms with Gasteiger partial charge in [-0.25, -0.2) is 8.42 Å². The Labute approximate surface area is 125 Å². The van der Waals surface area contributed by atoms with Crippen molar-refractivity contribution in [2.24, 2.45) is 0 Å². The van der Waals surface area contributed by atoms with Gasteiger partial charge < -0.3 is 9.66 Å². The Hall–Kier alpha value is 0.570. The van der Waals surface area contributed by atoms with Gasteiger partial charge >= 0.3 is 29.6 Å². The van der Waals surface area contributed by atoms with E-state index in [0.717, 1.165) is 11.4 Å². The second-order valence-corrected chi connectivity index (χ2v) is 6.14. The third-order valence-corrected chi connectivity index (χ3v) is 3.73. The van der Waals surface area contributed by atoms with Crippen LogP contribution in [0.15, 0.2) is 28.7 Å². The van der Waals surface area contributed by atoms with Crippen molar-refractivity contribution in [1.29, 1.82) is 0 Å². The molecule has 7 heteroatoms. The minimum atomic E-state index is -4.72. The van der Waals surface area contributed by atoms with Crippen LogP contribution in [0, 0.1) is 0 Å². The van der Waals surface area contributed by atoms with Crippen molar-refractivity contribution in [3.63, 3.8) is 0 Å². The first-order valence-electron chi connectivity index (χ1n) is 4.15. The number of rotatable bonds is 3. The maximum atomic E-state index is 10.7. The Balaban J connectivity index is 0.00000225. The number of hydrogen-bond donors (Lipinski definition) is 1. The zero-order chi connectivity index (χ0) is 11.7. The number of halogens is 1. The maximum absolute atomic E-state index is 10.7. The van der Waals surface area contributed by atoms with Crippen molar-refractivity contribution in [1.82, 2.24) is 0 Å². The topological polar surface area (TPSA) is 77.4 Å². The Kier molecular flexibility index (Phi) is 6.16. The van der Waals surface area contributed by atoms with Crippen LogP contribution in [0.3, 0.4) is 0 Å². The molecule has 0 aromatic heterocycles. The fourth-order valence-corrected chi connectivity index (χ4v) is 1.68. The normalized spacial score (nSPS) is 15.0. The summed E-state index contributed by atoms with van der Waals surface area (Å²) in [5.74, 6) is 0. The summed E-state index contributed by atoms with van der Waals surface area (Å²) in [5, 5.41) is 9.46. The van der Waals surface area contributed by atoms with Crippen molar-refractivity contribution in [3.05, 3.63) is 34.3 Å². The van der Waals surface area contributed by atoms with Crippen LogP contribution in [0.5, 0.6) is 0 Å². The molecule has 0 bridgehead atoms. The number of hydrogen-bond acceptors (Lipinski definition) is 4. The van der Waals surface area contributed by atoms with E-state index in [1.165, 1.54) is 0 Å². The van der Waals surface area contributed by atoms with E-state index in [2.05, 4.69) is 15.9 Å². The van der Waals surface area contributed by atoms with Gasteiger partial charge in [0.05, 0.1) is 0 Å². The van der Waals surface area contributed by atoms with E-state index in [0.29, 0.717) is 5.56 Å². The maximum Gasteiger partial charge on any atom is 1.00 e. The van der Waals surface area contributed by atoms with Gasteiger partial charge in [0.2, 0.25) is 0 Å². The average molecular weight is 317 g/mol. The molecule has 0 radical (unpaired) electrons. The molecule has 1 atom stereocenters. The van der Waals surface area contributed by atoms with E-state index < -0.39 is 15.1 Å². The Morgan fingerprint density at radius 1 is 1.38 bits per heavy atom. The van der Waals surface area contributed by atoms with Gasteiger partial charge in [-0.3, -0.25) is 0 Å². The molecule has 0 amide bonds. The van der Waals surface area contributed by atoms with Crippen molar-refractivity contribution in [2.45, 2.75) is 18.3 Å². The van der Waals surface area contributed by atoms with Gasteiger partial charge in [-0.1, -0.05) is 28.1 Å². The molecule has 0 aliphatic heterocycles. The predicted molar refractivity (Wildman–Crippen MR) is 58.2 cm³/mol. The van der Waals surface area contributed by atoms with Gasteiger partial charge in [-0.05, 0) is 24.6 Å². The van der Waals surface area contributed by atoms with Gasteiger partial charge in [0.15, 0.2) is 4.93 Å². The van der Waals surface area contributed by atoms with Crippen LogP contribution in [0.4, 0.5) is 0 Å². The molecule has 0 saturated carbocycles. The van der Waals surface area contributed by atoms with Gasteiger partial charge in [-0.15, -0.1) is 0 Å². The van der Waals surface area contributed by atoms with Crippen LogP contribution in [0.1, 0.15) is 12.5 Å². The molecule has 0 saturated heterocycles. The van der Waals surface area contributed by atoms with E-state index in [9.17, 15) is 18.1 Å². The van der Waals surface area contributed by atoms with Crippen LogP contribution in [0.25, 0.3) is 0 Å². The summed E-state index contributed by atoms with van der Waals surface area (Å²) >= 11 is 3.22. The number of benzene rings is 1. The zero-order valence-electron chi connectivity index (χ0n) is 8.97. The van der Waals surface area contributed by atoms with Gasteiger partial charge in [0, 0.05) is 10.9 Å². The molecule has 0 aliphatic carbocycles. The minimum Gasteiger partial charge on any atom is -0.746 e. The standard InChI is InChI=1S/C9H11BrO4S.Na/c1-9(11,15(12,13)14)6-7-2-4-8(10)5-3-7;/h2-5,11H,6H2,1H3,(H,12,13,14);/q;+1/p-1. The van der Waals surface area contributed by atoms with Crippen LogP contribution in [0.2, 0.25) is 0 Å². The summed E-state index contributed by atoms with van der Waals surface area (Å²) in [6.45, 7) is 0.997. The molecular weight excluding hydrogens is 307 g/mol. The van der Waals surface area contributed by atoms with E-state index in [1.807, 2.05) is 0 Å². The SMILES string of the molecule is CC(O)(Cc1ccc(Br)cc1)S(=O)(=O)[O-].[Na+]. The predicted octanol–water partition coefficient (Wildman–Crippen LogP) is -1.75. The quantitative estimate of drug-likeness (QED) is 0.530. The monoisotopic (exact) mass is 316 g/mol. The second-order valence-electron chi connectivity index (χ2n) is 3.43. The first kappa shape index (κ1) is 16.6. The van der Waals surface area contributed by atoms with E-state index in [4.69, 9.17) is 0 Å². The molecule has 0 spiro atoms. The third-order valence-electron chi connectivity index (χ3n) is 1.98. The summed E-state index contributed by atoms with van der Waals surface area (Å²) in [7, 11) is -4.72. The van der Waals surface area contributed by atoms with Crippen molar-refractivity contribution < 1.29 is 47.6 Å². The summed E-state index contributed by atoms with van der Waals surface area (Å²) in [4.78, 5) is -2.26. The van der Waals surface area contributed by atoms with Crippen molar-refractivity contribution in [2.75, 3.05) is 0 Å². The second kappa shape index (κ2) is 5.95. The smallest absolute Gasteiger partial charge is 0.746 e. The van der Waals surface area contributed by atoms with E-state index in [-0.39, 0.29) is 36.0 Å². The van der Waals surface area contributed by atoms with E-state index >= 15 is 0 Å². The van der Waals surface area contributed by atoms with E-state index in [1.54, 1.807) is 24.3 Å². The van der Waals surface area contributed by atoms with Crippen LogP contribution in [-0.2, 0) is 16.5 Å². The molecule has 1 rings (SSSR count). The summed E-state index contributed by atoms with van der Waals surface area (Å²) < 4.78 is 33.0. The fourth-order valence-electron chi connectivity index (χ4n) is 1.07. The molecule has 16 heavy (non-hydrogen) atoms. The molecule has 0 heterocycles. The molecule has 0 fully saturated rings. The molecule has 1 aromatic rings. The minimum absolute atomic E-state index is 0. The van der Waals surface area contributed by atoms with Crippen LogP contribution < -0.4 is 29.6 Å². The Bertz CT molecular complexity index is 441. The molecule has 4 nitrogen and oxygen atoms in total. The van der Waals surface area contributed by atoms with Crippen molar-refractivity contribution in [3.8, 4) is 0 Å². The van der Waals surface area contributed by atoms with Gasteiger partial charge in [0.1, 0.15) is 10.1 Å². The Morgan fingerprint density at radius 2 is 1.81 bits per heavy atom. The van der Waals surface area contributed by atoms with Crippen LogP contribution in [-0.4, -0.2) is 23.0 Å². The zero-order valence-corrected chi connectivity index (χ0v) is 13.4. The summed E-state index contributed by atoms with van der Waals surface area (Å²) in [5.41, 5.74) is 0.586. The van der Waals surface area contributed by atoms with Crippen molar-refractivity contribution >= 4 is 26.0 Å². The molecule has 0 aliphatic rings. The fraction of sp³-hybridized carbons (Fsp3) is 0.333. The summed E-state index contributed by atoms with van der Waals surface area (Å²) in [6, 6.07) is 6.71. The molecule has 1 aromatic carbocycles. The number of aliphatic hydroxyl groups is 1.